The summed E-state index contributed by atoms with van der Waals surface area (Å²) in [4.78, 5) is 11.9. The molecule has 1 aromatic rings. The van der Waals surface area contributed by atoms with Gasteiger partial charge in [0.25, 0.3) is 5.91 Å². The van der Waals surface area contributed by atoms with Crippen LogP contribution in [0.3, 0.4) is 0 Å². The van der Waals surface area contributed by atoms with Crippen molar-refractivity contribution in [3.8, 4) is 11.8 Å². The van der Waals surface area contributed by atoms with E-state index in [1.165, 1.54) is 12.3 Å². The third kappa shape index (κ3) is 5.97. The van der Waals surface area contributed by atoms with E-state index in [9.17, 15) is 9.90 Å². The highest BCUT2D eigenvalue weighted by Gasteiger charge is 2.10. The first-order valence-corrected chi connectivity index (χ1v) is 6.73. The molecule has 0 fully saturated rings. The number of hydrogen-bond donors (Lipinski definition) is 4. The predicted molar refractivity (Wildman–Crippen MR) is 79.4 cm³/mol. The van der Waals surface area contributed by atoms with Gasteiger partial charge in [0, 0.05) is 19.4 Å². The Balaban J connectivity index is 2.50. The normalized spacial score (nSPS) is 10.8. The Bertz CT molecular complexity index is 535. The Labute approximate surface area is 123 Å². The maximum atomic E-state index is 11.9. The first-order valence-electron chi connectivity index (χ1n) is 6.73. The van der Waals surface area contributed by atoms with Crippen LogP contribution in [0.25, 0.3) is 0 Å². The molecule has 6 nitrogen and oxygen atoms in total. The van der Waals surface area contributed by atoms with Crippen LogP contribution >= 0.6 is 0 Å². The molecular weight excluding hydrogens is 270 g/mol. The molecule has 0 aromatic heterocycles. The van der Waals surface area contributed by atoms with Crippen LogP contribution in [-0.4, -0.2) is 29.3 Å². The molecule has 21 heavy (non-hydrogen) atoms. The minimum Gasteiger partial charge on any atom is -0.506 e. The smallest absolute Gasteiger partial charge is 0.267 e. The second-order valence-corrected chi connectivity index (χ2v) is 4.38. The number of para-hydroxylation sites is 2. The van der Waals surface area contributed by atoms with Gasteiger partial charge in [-0.2, -0.15) is 5.26 Å². The molecule has 0 heterocycles. The third-order valence-corrected chi connectivity index (χ3v) is 2.74. The first-order chi connectivity index (χ1) is 10.2. The van der Waals surface area contributed by atoms with Crippen LogP contribution in [0.15, 0.2) is 36.0 Å². The van der Waals surface area contributed by atoms with E-state index >= 15 is 0 Å². The zero-order valence-electron chi connectivity index (χ0n) is 11.7. The topological polar surface area (TPSA) is 105 Å². The fraction of sp³-hybridized carbons (Fsp3) is 0.333. The molecule has 4 N–H and O–H groups in total. The third-order valence-electron chi connectivity index (χ3n) is 2.74. The molecule has 0 bridgehead atoms. The summed E-state index contributed by atoms with van der Waals surface area (Å²) in [6.07, 6.45) is 3.82. The van der Waals surface area contributed by atoms with E-state index in [4.69, 9.17) is 10.4 Å². The van der Waals surface area contributed by atoms with Gasteiger partial charge in [0.05, 0.1) is 5.69 Å². The SMILES string of the molecule is N#C/C(=C/NCCCCCO)C(=O)Nc1ccccc1O. The van der Waals surface area contributed by atoms with E-state index in [0.29, 0.717) is 6.54 Å². The van der Waals surface area contributed by atoms with Crippen LogP contribution in [0.2, 0.25) is 0 Å². The summed E-state index contributed by atoms with van der Waals surface area (Å²) in [5.41, 5.74) is 0.187. The van der Waals surface area contributed by atoms with Crippen LogP contribution in [-0.2, 0) is 4.79 Å². The van der Waals surface area contributed by atoms with E-state index in [1.807, 2.05) is 6.07 Å². The molecule has 0 unspecified atom stereocenters. The number of benzene rings is 1. The van der Waals surface area contributed by atoms with Gasteiger partial charge in [0.2, 0.25) is 0 Å². The molecule has 0 atom stereocenters. The lowest BCUT2D eigenvalue weighted by Crippen LogP contribution is -2.17. The molecule has 0 radical (unpaired) electrons. The molecule has 0 aliphatic rings. The standard InChI is InChI=1S/C15H19N3O3/c16-10-12(11-17-8-4-1-5-9-19)15(21)18-13-6-2-3-7-14(13)20/h2-3,6-7,11,17,19-20H,1,4-5,8-9H2,(H,18,21)/b12-11-. The number of amides is 1. The van der Waals surface area contributed by atoms with Gasteiger partial charge in [0.15, 0.2) is 0 Å². The van der Waals surface area contributed by atoms with Crippen LogP contribution in [0, 0.1) is 11.3 Å². The summed E-state index contributed by atoms with van der Waals surface area (Å²) in [7, 11) is 0. The summed E-state index contributed by atoms with van der Waals surface area (Å²) in [6.45, 7) is 0.789. The number of nitrogens with zero attached hydrogens (tertiary/aromatic N) is 1. The fourth-order valence-electron chi connectivity index (χ4n) is 1.61. The predicted octanol–water partition coefficient (Wildman–Crippen LogP) is 1.49. The van der Waals surface area contributed by atoms with Gasteiger partial charge in [-0.05, 0) is 31.4 Å². The van der Waals surface area contributed by atoms with E-state index in [2.05, 4.69) is 10.6 Å². The second-order valence-electron chi connectivity index (χ2n) is 4.38. The lowest BCUT2D eigenvalue weighted by molar-refractivity contribution is -0.112. The van der Waals surface area contributed by atoms with Crippen molar-refractivity contribution in [2.75, 3.05) is 18.5 Å². The zero-order valence-corrected chi connectivity index (χ0v) is 11.7. The van der Waals surface area contributed by atoms with E-state index in [1.54, 1.807) is 18.2 Å². The van der Waals surface area contributed by atoms with Crippen molar-refractivity contribution >= 4 is 11.6 Å². The minimum atomic E-state index is -0.582. The summed E-state index contributed by atoms with van der Waals surface area (Å²) < 4.78 is 0. The van der Waals surface area contributed by atoms with Gasteiger partial charge in [-0.1, -0.05) is 12.1 Å². The molecule has 0 aliphatic heterocycles. The summed E-state index contributed by atoms with van der Waals surface area (Å²) in [5, 5.41) is 32.5. The average Bonchev–Trinajstić information content (AvgIpc) is 2.49. The minimum absolute atomic E-state index is 0.0555. The van der Waals surface area contributed by atoms with Crippen molar-refractivity contribution in [3.05, 3.63) is 36.0 Å². The fourth-order valence-corrected chi connectivity index (χ4v) is 1.61. The summed E-state index contributed by atoms with van der Waals surface area (Å²) in [5.74, 6) is -0.637. The van der Waals surface area contributed by atoms with Crippen molar-refractivity contribution in [1.29, 1.82) is 5.26 Å². The Kier molecular flexibility index (Phi) is 7.40. The van der Waals surface area contributed by atoms with Crippen molar-refractivity contribution in [1.82, 2.24) is 5.32 Å². The molecule has 1 aromatic carbocycles. The number of carbonyl (C=O) groups is 1. The number of carbonyl (C=O) groups excluding carboxylic acids is 1. The number of phenols is 1. The highest BCUT2D eigenvalue weighted by atomic mass is 16.3. The maximum absolute atomic E-state index is 11.9. The van der Waals surface area contributed by atoms with Gasteiger partial charge in [-0.25, -0.2) is 0 Å². The van der Waals surface area contributed by atoms with Crippen LogP contribution in [0.4, 0.5) is 5.69 Å². The molecule has 0 saturated carbocycles. The number of rotatable bonds is 8. The number of aliphatic hydroxyl groups is 1. The van der Waals surface area contributed by atoms with Crippen molar-refractivity contribution in [2.45, 2.75) is 19.3 Å². The van der Waals surface area contributed by atoms with Gasteiger partial charge in [-0.15, -0.1) is 0 Å². The molecule has 1 amide bonds. The maximum Gasteiger partial charge on any atom is 0.267 e. The van der Waals surface area contributed by atoms with Crippen molar-refractivity contribution in [3.63, 3.8) is 0 Å². The molecule has 0 saturated heterocycles. The highest BCUT2D eigenvalue weighted by molar-refractivity contribution is 6.07. The van der Waals surface area contributed by atoms with Gasteiger partial charge in [0.1, 0.15) is 17.4 Å². The molecular formula is C15H19N3O3. The lowest BCUT2D eigenvalue weighted by Gasteiger charge is -2.06. The Morgan fingerprint density at radius 3 is 2.71 bits per heavy atom. The number of nitriles is 1. The summed E-state index contributed by atoms with van der Waals surface area (Å²) in [6, 6.07) is 8.11. The van der Waals surface area contributed by atoms with Crippen LogP contribution in [0.5, 0.6) is 5.75 Å². The van der Waals surface area contributed by atoms with Gasteiger partial charge >= 0.3 is 0 Å². The number of aromatic hydroxyl groups is 1. The Morgan fingerprint density at radius 2 is 2.05 bits per heavy atom. The van der Waals surface area contributed by atoms with E-state index in [-0.39, 0.29) is 23.6 Å². The van der Waals surface area contributed by atoms with Crippen LogP contribution in [0.1, 0.15) is 19.3 Å². The second kappa shape index (κ2) is 9.39. The van der Waals surface area contributed by atoms with Gasteiger partial charge in [-0.3, -0.25) is 4.79 Å². The van der Waals surface area contributed by atoms with Gasteiger partial charge < -0.3 is 20.8 Å². The quantitative estimate of drug-likeness (QED) is 0.251. The first kappa shape index (κ1) is 16.5. The van der Waals surface area contributed by atoms with E-state index in [0.717, 1.165) is 19.3 Å². The molecule has 1 rings (SSSR count). The van der Waals surface area contributed by atoms with Crippen LogP contribution < -0.4 is 10.6 Å². The number of hydrogen-bond acceptors (Lipinski definition) is 5. The molecule has 6 heteroatoms. The largest absolute Gasteiger partial charge is 0.506 e. The monoisotopic (exact) mass is 289 g/mol. The van der Waals surface area contributed by atoms with Crippen molar-refractivity contribution < 1.29 is 15.0 Å². The Hall–Kier alpha value is -2.52. The number of anilines is 1. The highest BCUT2D eigenvalue weighted by Crippen LogP contribution is 2.21. The summed E-state index contributed by atoms with van der Waals surface area (Å²) >= 11 is 0. The Morgan fingerprint density at radius 1 is 1.29 bits per heavy atom. The zero-order chi connectivity index (χ0) is 15.5. The number of aliphatic hydroxyl groups excluding tert-OH is 1. The number of nitrogens with one attached hydrogen (secondary N) is 2. The molecule has 0 aliphatic carbocycles. The molecule has 112 valence electrons. The van der Waals surface area contributed by atoms with Crippen molar-refractivity contribution in [2.24, 2.45) is 0 Å². The van der Waals surface area contributed by atoms with E-state index < -0.39 is 5.91 Å². The number of unbranched alkanes of at least 4 members (excludes halogenated alkanes) is 2. The number of phenolic OH excluding ortho intramolecular Hbond substituents is 1. The lowest BCUT2D eigenvalue weighted by atomic mass is 10.2. The average molecular weight is 289 g/mol. The molecule has 0 spiro atoms.